The molecule has 2 aromatic heterocycles. The van der Waals surface area contributed by atoms with E-state index in [4.69, 9.17) is 4.98 Å². The lowest BCUT2D eigenvalue weighted by Gasteiger charge is -2.35. The summed E-state index contributed by atoms with van der Waals surface area (Å²) in [6.45, 7) is 7.20. The zero-order valence-corrected chi connectivity index (χ0v) is 15.1. The molecule has 1 aliphatic rings. The smallest absolute Gasteiger partial charge is 0.255 e. The number of hydrogen-bond donors (Lipinski definition) is 0. The number of fused-ring (bicyclic) bond motifs is 1. The van der Waals surface area contributed by atoms with Gasteiger partial charge >= 0.3 is 0 Å². The van der Waals surface area contributed by atoms with Crippen LogP contribution in [0.5, 0.6) is 0 Å². The summed E-state index contributed by atoms with van der Waals surface area (Å²) in [4.78, 5) is 25.7. The minimum absolute atomic E-state index is 0.0521. The summed E-state index contributed by atoms with van der Waals surface area (Å²) in [7, 11) is 0. The first-order valence-corrected chi connectivity index (χ1v) is 8.95. The van der Waals surface area contributed by atoms with Gasteiger partial charge in [-0.05, 0) is 43.2 Å². The third kappa shape index (κ3) is 3.01. The summed E-state index contributed by atoms with van der Waals surface area (Å²) in [5, 5.41) is 1.21. The zero-order valence-electron chi connectivity index (χ0n) is 15.1. The Kier molecular flexibility index (Phi) is 4.29. The first-order valence-electron chi connectivity index (χ1n) is 8.95. The van der Waals surface area contributed by atoms with Gasteiger partial charge in [-0.3, -0.25) is 9.78 Å². The number of anilines is 1. The second-order valence-corrected chi connectivity index (χ2v) is 6.79. The lowest BCUT2D eigenvalue weighted by molar-refractivity contribution is 0.0746. The summed E-state index contributed by atoms with van der Waals surface area (Å²) in [5.41, 5.74) is 4.15. The minimum Gasteiger partial charge on any atom is -0.353 e. The lowest BCUT2D eigenvalue weighted by atomic mass is 10.1. The molecule has 0 aliphatic carbocycles. The summed E-state index contributed by atoms with van der Waals surface area (Å²) in [6, 6.07) is 12.1. The van der Waals surface area contributed by atoms with Gasteiger partial charge in [-0.25, -0.2) is 4.98 Å². The van der Waals surface area contributed by atoms with Crippen molar-refractivity contribution < 1.29 is 4.79 Å². The van der Waals surface area contributed by atoms with Crippen molar-refractivity contribution in [2.45, 2.75) is 13.8 Å². The molecule has 1 aliphatic heterocycles. The van der Waals surface area contributed by atoms with Gasteiger partial charge in [0, 0.05) is 44.0 Å². The topological polar surface area (TPSA) is 49.3 Å². The summed E-state index contributed by atoms with van der Waals surface area (Å²) >= 11 is 0. The van der Waals surface area contributed by atoms with Gasteiger partial charge in [-0.15, -0.1) is 0 Å². The number of nitrogens with zero attached hydrogens (tertiary/aromatic N) is 4. The van der Waals surface area contributed by atoms with Crippen LogP contribution in [0.4, 0.5) is 5.82 Å². The van der Waals surface area contributed by atoms with Crippen LogP contribution in [0.1, 0.15) is 21.5 Å². The van der Waals surface area contributed by atoms with Gasteiger partial charge in [-0.1, -0.05) is 18.2 Å². The zero-order chi connectivity index (χ0) is 18.1. The average Bonchev–Trinajstić information content (AvgIpc) is 2.69. The maximum absolute atomic E-state index is 12.6. The summed E-state index contributed by atoms with van der Waals surface area (Å²) in [6.07, 6.45) is 3.32. The molecule has 132 valence electrons. The van der Waals surface area contributed by atoms with E-state index in [-0.39, 0.29) is 5.91 Å². The Morgan fingerprint density at radius 2 is 1.81 bits per heavy atom. The molecule has 1 saturated heterocycles. The molecule has 0 N–H and O–H groups in total. The van der Waals surface area contributed by atoms with Crippen molar-refractivity contribution in [3.63, 3.8) is 0 Å². The number of aryl methyl sites for hydroxylation is 2. The van der Waals surface area contributed by atoms with Gasteiger partial charge < -0.3 is 9.80 Å². The Balaban J connectivity index is 1.52. The van der Waals surface area contributed by atoms with E-state index >= 15 is 0 Å². The molecule has 5 nitrogen and oxygen atoms in total. The van der Waals surface area contributed by atoms with Crippen LogP contribution in [0.2, 0.25) is 0 Å². The first kappa shape index (κ1) is 16.5. The van der Waals surface area contributed by atoms with Gasteiger partial charge in [0.15, 0.2) is 0 Å². The van der Waals surface area contributed by atoms with Crippen molar-refractivity contribution in [3.05, 3.63) is 65.5 Å². The lowest BCUT2D eigenvalue weighted by Crippen LogP contribution is -2.49. The Morgan fingerprint density at radius 3 is 2.54 bits per heavy atom. The van der Waals surface area contributed by atoms with E-state index < -0.39 is 0 Å². The second-order valence-electron chi connectivity index (χ2n) is 6.79. The molecule has 1 fully saturated rings. The quantitative estimate of drug-likeness (QED) is 0.715. The predicted molar refractivity (Wildman–Crippen MR) is 104 cm³/mol. The predicted octanol–water partition coefficient (Wildman–Crippen LogP) is 3.21. The number of para-hydroxylation sites is 1. The molecule has 3 heterocycles. The van der Waals surface area contributed by atoms with E-state index in [0.29, 0.717) is 18.7 Å². The van der Waals surface area contributed by atoms with Gasteiger partial charge in [0.1, 0.15) is 5.82 Å². The number of rotatable bonds is 2. The van der Waals surface area contributed by atoms with Crippen LogP contribution in [-0.4, -0.2) is 47.0 Å². The highest BCUT2D eigenvalue weighted by atomic mass is 16.2. The first-order chi connectivity index (χ1) is 12.6. The van der Waals surface area contributed by atoms with E-state index in [1.165, 1.54) is 16.5 Å². The highest BCUT2D eigenvalue weighted by Crippen LogP contribution is 2.25. The Hall–Kier alpha value is -2.95. The van der Waals surface area contributed by atoms with Crippen LogP contribution in [0.25, 0.3) is 10.9 Å². The molecule has 1 amide bonds. The molecule has 4 rings (SSSR count). The number of piperazine rings is 1. The monoisotopic (exact) mass is 346 g/mol. The number of pyridine rings is 2. The van der Waals surface area contributed by atoms with Crippen LogP contribution in [0, 0.1) is 13.8 Å². The highest BCUT2D eigenvalue weighted by molar-refractivity contribution is 5.94. The van der Waals surface area contributed by atoms with Crippen molar-refractivity contribution in [1.82, 2.24) is 14.9 Å². The molecule has 26 heavy (non-hydrogen) atoms. The van der Waals surface area contributed by atoms with Crippen LogP contribution < -0.4 is 4.90 Å². The molecule has 0 unspecified atom stereocenters. The van der Waals surface area contributed by atoms with E-state index in [2.05, 4.69) is 48.0 Å². The SMILES string of the molecule is Cc1cc(N2CCN(C(=O)c3cccnc3)CC2)nc2c(C)cccc12. The number of amides is 1. The van der Waals surface area contributed by atoms with E-state index in [9.17, 15) is 4.79 Å². The average molecular weight is 346 g/mol. The van der Waals surface area contributed by atoms with E-state index in [1.807, 2.05) is 11.0 Å². The minimum atomic E-state index is 0.0521. The van der Waals surface area contributed by atoms with Crippen molar-refractivity contribution in [2.24, 2.45) is 0 Å². The van der Waals surface area contributed by atoms with Gasteiger partial charge in [0.05, 0.1) is 11.1 Å². The Labute approximate surface area is 153 Å². The summed E-state index contributed by atoms with van der Waals surface area (Å²) < 4.78 is 0. The molecular weight excluding hydrogens is 324 g/mol. The standard InChI is InChI=1S/C21H22N4O/c1-15-5-3-7-18-16(2)13-19(23-20(15)18)24-9-11-25(12-10-24)21(26)17-6-4-8-22-14-17/h3-8,13-14H,9-12H2,1-2H3. The normalized spacial score (nSPS) is 14.7. The molecule has 0 radical (unpaired) electrons. The van der Waals surface area contributed by atoms with Crippen LogP contribution in [0.15, 0.2) is 48.8 Å². The number of carbonyl (C=O) groups is 1. The molecule has 0 saturated carbocycles. The molecule has 0 atom stereocenters. The maximum atomic E-state index is 12.6. The maximum Gasteiger partial charge on any atom is 0.255 e. The Morgan fingerprint density at radius 1 is 1.00 bits per heavy atom. The highest BCUT2D eigenvalue weighted by Gasteiger charge is 2.23. The van der Waals surface area contributed by atoms with Gasteiger partial charge in [0.2, 0.25) is 0 Å². The third-order valence-electron chi connectivity index (χ3n) is 5.03. The fourth-order valence-electron chi connectivity index (χ4n) is 3.52. The third-order valence-corrected chi connectivity index (χ3v) is 5.03. The molecular formula is C21H22N4O. The number of hydrogen-bond acceptors (Lipinski definition) is 4. The largest absolute Gasteiger partial charge is 0.353 e. The van der Waals surface area contributed by atoms with Gasteiger partial charge in [0.25, 0.3) is 5.91 Å². The number of carbonyl (C=O) groups excluding carboxylic acids is 1. The fraction of sp³-hybridized carbons (Fsp3) is 0.286. The van der Waals surface area contributed by atoms with E-state index in [1.54, 1.807) is 18.5 Å². The van der Waals surface area contributed by atoms with Crippen molar-refractivity contribution in [3.8, 4) is 0 Å². The van der Waals surface area contributed by atoms with Crippen molar-refractivity contribution >= 4 is 22.6 Å². The Bertz CT molecular complexity index is 947. The van der Waals surface area contributed by atoms with Gasteiger partial charge in [-0.2, -0.15) is 0 Å². The van der Waals surface area contributed by atoms with Crippen molar-refractivity contribution in [1.29, 1.82) is 0 Å². The number of aromatic nitrogens is 2. The molecule has 3 aromatic rings. The van der Waals surface area contributed by atoms with Crippen LogP contribution in [-0.2, 0) is 0 Å². The molecule has 5 heteroatoms. The van der Waals surface area contributed by atoms with E-state index in [0.717, 1.165) is 24.4 Å². The molecule has 0 bridgehead atoms. The summed E-state index contributed by atoms with van der Waals surface area (Å²) in [5.74, 6) is 1.05. The fourth-order valence-corrected chi connectivity index (χ4v) is 3.52. The number of benzene rings is 1. The molecule has 0 spiro atoms. The molecule has 1 aromatic carbocycles. The van der Waals surface area contributed by atoms with Crippen LogP contribution in [0.3, 0.4) is 0 Å². The van der Waals surface area contributed by atoms with Crippen LogP contribution >= 0.6 is 0 Å². The second kappa shape index (κ2) is 6.75. The van der Waals surface area contributed by atoms with Crippen molar-refractivity contribution in [2.75, 3.05) is 31.1 Å².